The molecule has 1 fully saturated rings. The van der Waals surface area contributed by atoms with Crippen molar-refractivity contribution in [2.24, 2.45) is 0 Å². The molecule has 60 valence electrons. The van der Waals surface area contributed by atoms with E-state index in [0.29, 0.717) is 0 Å². The van der Waals surface area contributed by atoms with Crippen molar-refractivity contribution in [3.8, 4) is 0 Å². The molecular formula is C8H17OP. The van der Waals surface area contributed by atoms with Crippen LogP contribution >= 0.6 is 7.14 Å². The molecule has 0 aromatic heterocycles. The van der Waals surface area contributed by atoms with Crippen LogP contribution in [0.2, 0.25) is 0 Å². The molecule has 1 saturated heterocycles. The van der Waals surface area contributed by atoms with Crippen molar-refractivity contribution in [3.63, 3.8) is 0 Å². The van der Waals surface area contributed by atoms with Crippen LogP contribution in [-0.4, -0.2) is 18.0 Å². The van der Waals surface area contributed by atoms with Crippen molar-refractivity contribution in [2.45, 2.75) is 38.3 Å². The monoisotopic (exact) mass is 160 g/mol. The molecule has 0 aromatic carbocycles. The SMILES string of the molecule is CC1(C)CCCCP1(C)=O. The maximum absolute atomic E-state index is 11.9. The number of rotatable bonds is 0. The van der Waals surface area contributed by atoms with Crippen LogP contribution in [0.15, 0.2) is 0 Å². The van der Waals surface area contributed by atoms with E-state index in [4.69, 9.17) is 0 Å². The average molecular weight is 160 g/mol. The molecule has 1 aliphatic heterocycles. The minimum Gasteiger partial charge on any atom is -0.323 e. The molecular weight excluding hydrogens is 143 g/mol. The first-order valence-electron chi connectivity index (χ1n) is 4.02. The number of hydrogen-bond acceptors (Lipinski definition) is 1. The Morgan fingerprint density at radius 3 is 2.20 bits per heavy atom. The number of hydrogen-bond donors (Lipinski definition) is 0. The quantitative estimate of drug-likeness (QED) is 0.498. The largest absolute Gasteiger partial charge is 0.323 e. The van der Waals surface area contributed by atoms with Gasteiger partial charge in [-0.05, 0) is 19.5 Å². The van der Waals surface area contributed by atoms with Crippen LogP contribution in [0.1, 0.15) is 33.1 Å². The fourth-order valence-corrected chi connectivity index (χ4v) is 3.57. The Hall–Kier alpha value is 0.230. The Kier molecular flexibility index (Phi) is 1.98. The van der Waals surface area contributed by atoms with Crippen LogP contribution in [0.3, 0.4) is 0 Å². The normalized spacial score (nSPS) is 39.5. The fourth-order valence-electron chi connectivity index (χ4n) is 1.51. The highest BCUT2D eigenvalue weighted by molar-refractivity contribution is 7.64. The summed E-state index contributed by atoms with van der Waals surface area (Å²) < 4.78 is 11.9. The molecule has 0 N–H and O–H groups in total. The molecule has 0 saturated carbocycles. The van der Waals surface area contributed by atoms with Crippen molar-refractivity contribution in [2.75, 3.05) is 12.8 Å². The van der Waals surface area contributed by atoms with E-state index in [1.54, 1.807) is 0 Å². The molecule has 2 heteroatoms. The van der Waals surface area contributed by atoms with Crippen LogP contribution in [0, 0.1) is 0 Å². The van der Waals surface area contributed by atoms with E-state index in [0.717, 1.165) is 12.6 Å². The second kappa shape index (κ2) is 2.37. The van der Waals surface area contributed by atoms with Crippen LogP contribution in [0.5, 0.6) is 0 Å². The summed E-state index contributed by atoms with van der Waals surface area (Å²) in [5, 5.41) is 0.130. The molecule has 1 heterocycles. The first-order valence-corrected chi connectivity index (χ1v) is 6.36. The molecule has 10 heavy (non-hydrogen) atoms. The molecule has 0 radical (unpaired) electrons. The average Bonchev–Trinajstić information content (AvgIpc) is 1.77. The van der Waals surface area contributed by atoms with Gasteiger partial charge < -0.3 is 4.57 Å². The molecule has 1 atom stereocenters. The molecule has 0 amide bonds. The zero-order chi connectivity index (χ0) is 7.83. The fraction of sp³-hybridized carbons (Fsp3) is 1.00. The van der Waals surface area contributed by atoms with E-state index < -0.39 is 7.14 Å². The standard InChI is InChI=1S/C8H17OP/c1-8(2)6-4-5-7-10(8,3)9/h4-7H2,1-3H3. The summed E-state index contributed by atoms with van der Waals surface area (Å²) in [5.74, 6) is 0. The lowest BCUT2D eigenvalue weighted by Crippen LogP contribution is -2.25. The van der Waals surface area contributed by atoms with Crippen molar-refractivity contribution in [1.82, 2.24) is 0 Å². The van der Waals surface area contributed by atoms with Gasteiger partial charge in [-0.25, -0.2) is 0 Å². The first kappa shape index (κ1) is 8.33. The highest BCUT2D eigenvalue weighted by atomic mass is 31.2. The Labute approximate surface area is 63.6 Å². The van der Waals surface area contributed by atoms with Gasteiger partial charge in [0.05, 0.1) is 7.14 Å². The van der Waals surface area contributed by atoms with E-state index in [9.17, 15) is 4.57 Å². The Morgan fingerprint density at radius 1 is 1.30 bits per heavy atom. The molecule has 1 nitrogen and oxygen atoms in total. The second-order valence-corrected chi connectivity index (χ2v) is 7.95. The van der Waals surface area contributed by atoms with Crippen molar-refractivity contribution in [3.05, 3.63) is 0 Å². The molecule has 1 aliphatic rings. The van der Waals surface area contributed by atoms with Gasteiger partial charge in [-0.1, -0.05) is 20.3 Å². The minimum absolute atomic E-state index is 0.130. The summed E-state index contributed by atoms with van der Waals surface area (Å²) in [4.78, 5) is 0. The van der Waals surface area contributed by atoms with Gasteiger partial charge >= 0.3 is 0 Å². The van der Waals surface area contributed by atoms with Gasteiger partial charge in [-0.2, -0.15) is 0 Å². The lowest BCUT2D eigenvalue weighted by Gasteiger charge is -2.36. The maximum atomic E-state index is 11.9. The summed E-state index contributed by atoms with van der Waals surface area (Å²) in [6, 6.07) is 0. The van der Waals surface area contributed by atoms with E-state index in [2.05, 4.69) is 13.8 Å². The van der Waals surface area contributed by atoms with Crippen LogP contribution in [-0.2, 0) is 4.57 Å². The smallest absolute Gasteiger partial charge is 0.0901 e. The Morgan fingerprint density at radius 2 is 1.90 bits per heavy atom. The van der Waals surface area contributed by atoms with Gasteiger partial charge in [0.1, 0.15) is 0 Å². The zero-order valence-electron chi connectivity index (χ0n) is 7.18. The summed E-state index contributed by atoms with van der Waals surface area (Å²) in [6.45, 7) is 6.26. The van der Waals surface area contributed by atoms with Gasteiger partial charge in [0.2, 0.25) is 0 Å². The van der Waals surface area contributed by atoms with Crippen molar-refractivity contribution < 1.29 is 4.57 Å². The molecule has 0 aromatic rings. The summed E-state index contributed by atoms with van der Waals surface area (Å²) in [6.07, 6.45) is 4.57. The summed E-state index contributed by atoms with van der Waals surface area (Å²) in [5.41, 5.74) is 0. The Bertz CT molecular complexity index is 172. The molecule has 0 bridgehead atoms. The van der Waals surface area contributed by atoms with Gasteiger partial charge in [0.25, 0.3) is 0 Å². The van der Waals surface area contributed by atoms with E-state index in [1.807, 2.05) is 6.66 Å². The van der Waals surface area contributed by atoms with E-state index in [-0.39, 0.29) is 5.16 Å². The topological polar surface area (TPSA) is 17.1 Å². The maximum Gasteiger partial charge on any atom is 0.0901 e. The molecule has 1 rings (SSSR count). The highest BCUT2D eigenvalue weighted by Crippen LogP contribution is 2.59. The van der Waals surface area contributed by atoms with Gasteiger partial charge in [0.15, 0.2) is 0 Å². The second-order valence-electron chi connectivity index (χ2n) is 4.09. The third-order valence-corrected chi connectivity index (χ3v) is 6.86. The summed E-state index contributed by atoms with van der Waals surface area (Å²) in [7, 11) is -1.79. The first-order chi connectivity index (χ1) is 4.46. The lowest BCUT2D eigenvalue weighted by atomic mass is 10.1. The Balaban J connectivity index is 2.80. The highest BCUT2D eigenvalue weighted by Gasteiger charge is 2.37. The van der Waals surface area contributed by atoms with E-state index >= 15 is 0 Å². The summed E-state index contributed by atoms with van der Waals surface area (Å²) >= 11 is 0. The van der Waals surface area contributed by atoms with Gasteiger partial charge in [-0.15, -0.1) is 0 Å². The molecule has 0 aliphatic carbocycles. The zero-order valence-corrected chi connectivity index (χ0v) is 8.08. The van der Waals surface area contributed by atoms with Gasteiger partial charge in [-0.3, -0.25) is 0 Å². The minimum atomic E-state index is -1.79. The molecule has 1 unspecified atom stereocenters. The molecule has 0 spiro atoms. The predicted molar refractivity (Wildman–Crippen MR) is 46.3 cm³/mol. The van der Waals surface area contributed by atoms with Crippen molar-refractivity contribution in [1.29, 1.82) is 0 Å². The predicted octanol–water partition coefficient (Wildman–Crippen LogP) is 2.94. The third-order valence-electron chi connectivity index (χ3n) is 2.90. The van der Waals surface area contributed by atoms with Crippen LogP contribution in [0.25, 0.3) is 0 Å². The van der Waals surface area contributed by atoms with Gasteiger partial charge in [0, 0.05) is 11.3 Å². The lowest BCUT2D eigenvalue weighted by molar-refractivity contribution is 0.489. The van der Waals surface area contributed by atoms with Crippen LogP contribution < -0.4 is 0 Å². The van der Waals surface area contributed by atoms with Crippen LogP contribution in [0.4, 0.5) is 0 Å². The van der Waals surface area contributed by atoms with E-state index in [1.165, 1.54) is 12.8 Å². The van der Waals surface area contributed by atoms with Crippen molar-refractivity contribution >= 4 is 7.14 Å². The third kappa shape index (κ3) is 1.29.